The number of Topliss-reactive ketones (excluding diaryl/α,β-unsaturated/α-hetero) is 1. The molecule has 0 aromatic rings. The fourth-order valence-corrected chi connectivity index (χ4v) is 2.75. The van der Waals surface area contributed by atoms with Crippen LogP contribution in [0.3, 0.4) is 0 Å². The van der Waals surface area contributed by atoms with E-state index in [2.05, 4.69) is 0 Å². The maximum atomic E-state index is 11.6. The lowest BCUT2D eigenvalue weighted by atomic mass is 9.72. The average molecular weight is 225 g/mol. The molecule has 2 aliphatic rings. The monoisotopic (exact) mass is 224 g/mol. The standard InChI is InChI=1S/C10H16O.2ClH/c11-9-5-4-8-10(9)6-2-1-3-7-10;;/h1-8H2;2*1H. The number of carbonyl (C=O) groups is 1. The van der Waals surface area contributed by atoms with Gasteiger partial charge in [-0.3, -0.25) is 4.79 Å². The highest BCUT2D eigenvalue weighted by molar-refractivity contribution is 5.86. The molecule has 0 heterocycles. The van der Waals surface area contributed by atoms with Crippen LogP contribution in [0.5, 0.6) is 0 Å². The zero-order valence-electron chi connectivity index (χ0n) is 7.88. The van der Waals surface area contributed by atoms with Gasteiger partial charge in [0.2, 0.25) is 0 Å². The summed E-state index contributed by atoms with van der Waals surface area (Å²) in [5, 5.41) is 0. The Morgan fingerprint density at radius 3 is 1.85 bits per heavy atom. The SMILES string of the molecule is Cl.Cl.O=C1CCCC12CCCCC2. The molecule has 0 N–H and O–H groups in total. The van der Waals surface area contributed by atoms with Crippen molar-refractivity contribution in [2.24, 2.45) is 5.41 Å². The molecule has 1 spiro atoms. The highest BCUT2D eigenvalue weighted by atomic mass is 35.5. The van der Waals surface area contributed by atoms with Gasteiger partial charge in [-0.25, -0.2) is 0 Å². The third-order valence-electron chi connectivity index (χ3n) is 3.46. The Balaban J connectivity index is 0.000000720. The molecule has 0 aliphatic heterocycles. The van der Waals surface area contributed by atoms with Gasteiger partial charge in [0.05, 0.1) is 0 Å². The molecule has 13 heavy (non-hydrogen) atoms. The predicted octanol–water partition coefficient (Wildman–Crippen LogP) is 3.53. The summed E-state index contributed by atoms with van der Waals surface area (Å²) in [5.74, 6) is 0.581. The lowest BCUT2D eigenvalue weighted by molar-refractivity contribution is -0.127. The number of hydrogen-bond donors (Lipinski definition) is 0. The van der Waals surface area contributed by atoms with Crippen LogP contribution in [0, 0.1) is 5.41 Å². The Kier molecular flexibility index (Phi) is 5.31. The Hall–Kier alpha value is 0.250. The van der Waals surface area contributed by atoms with Crippen molar-refractivity contribution in [2.45, 2.75) is 51.4 Å². The summed E-state index contributed by atoms with van der Waals surface area (Å²) in [5.41, 5.74) is 0.193. The fraction of sp³-hybridized carbons (Fsp3) is 0.900. The summed E-state index contributed by atoms with van der Waals surface area (Å²) >= 11 is 0. The van der Waals surface area contributed by atoms with Gasteiger partial charge < -0.3 is 0 Å². The molecule has 0 atom stereocenters. The highest BCUT2D eigenvalue weighted by Gasteiger charge is 2.41. The summed E-state index contributed by atoms with van der Waals surface area (Å²) in [6.45, 7) is 0. The van der Waals surface area contributed by atoms with Crippen molar-refractivity contribution in [1.29, 1.82) is 0 Å². The Morgan fingerprint density at radius 1 is 0.846 bits per heavy atom. The molecule has 2 aliphatic carbocycles. The molecule has 0 amide bonds. The zero-order chi connectivity index (χ0) is 7.73. The number of rotatable bonds is 0. The number of hydrogen-bond acceptors (Lipinski definition) is 1. The van der Waals surface area contributed by atoms with Crippen LogP contribution in [0.25, 0.3) is 0 Å². The molecule has 2 fully saturated rings. The number of carbonyl (C=O) groups excluding carboxylic acids is 1. The molecule has 3 heteroatoms. The lowest BCUT2D eigenvalue weighted by Crippen LogP contribution is -2.28. The van der Waals surface area contributed by atoms with Gasteiger partial charge in [0, 0.05) is 11.8 Å². The summed E-state index contributed by atoms with van der Waals surface area (Å²) in [7, 11) is 0. The maximum Gasteiger partial charge on any atom is 0.139 e. The molecule has 78 valence electrons. The molecule has 1 nitrogen and oxygen atoms in total. The van der Waals surface area contributed by atoms with E-state index in [0.29, 0.717) is 5.78 Å². The summed E-state index contributed by atoms with van der Waals surface area (Å²) in [4.78, 5) is 11.6. The zero-order valence-corrected chi connectivity index (χ0v) is 9.51. The van der Waals surface area contributed by atoms with Crippen LogP contribution in [0.4, 0.5) is 0 Å². The smallest absolute Gasteiger partial charge is 0.139 e. The van der Waals surface area contributed by atoms with E-state index in [0.717, 1.165) is 6.42 Å². The summed E-state index contributed by atoms with van der Waals surface area (Å²) in [6, 6.07) is 0. The van der Waals surface area contributed by atoms with Gasteiger partial charge in [0.1, 0.15) is 5.78 Å². The van der Waals surface area contributed by atoms with Crippen LogP contribution in [0.1, 0.15) is 51.4 Å². The van der Waals surface area contributed by atoms with Gasteiger partial charge in [0.15, 0.2) is 0 Å². The molecular formula is C10H18Cl2O. The minimum atomic E-state index is 0. The van der Waals surface area contributed by atoms with E-state index in [1.54, 1.807) is 0 Å². The second kappa shape index (κ2) is 5.21. The first-order chi connectivity index (χ1) is 5.33. The van der Waals surface area contributed by atoms with Crippen LogP contribution in [-0.2, 0) is 4.79 Å². The van der Waals surface area contributed by atoms with E-state index in [1.165, 1.54) is 44.9 Å². The van der Waals surface area contributed by atoms with Gasteiger partial charge in [0.25, 0.3) is 0 Å². The van der Waals surface area contributed by atoms with Gasteiger partial charge >= 0.3 is 0 Å². The Labute approximate surface area is 92.5 Å². The van der Waals surface area contributed by atoms with Crippen molar-refractivity contribution in [3.63, 3.8) is 0 Å². The van der Waals surface area contributed by atoms with Crippen molar-refractivity contribution >= 4 is 30.6 Å². The van der Waals surface area contributed by atoms with Gasteiger partial charge in [-0.05, 0) is 25.7 Å². The molecule has 0 saturated heterocycles. The molecular weight excluding hydrogens is 207 g/mol. The molecule has 0 bridgehead atoms. The van der Waals surface area contributed by atoms with E-state index < -0.39 is 0 Å². The normalized spacial score (nSPS) is 25.1. The van der Waals surface area contributed by atoms with E-state index in [1.807, 2.05) is 0 Å². The Bertz CT molecular complexity index is 174. The minimum Gasteiger partial charge on any atom is -0.299 e. The first kappa shape index (κ1) is 13.2. The number of halogens is 2. The molecule has 0 aromatic carbocycles. The van der Waals surface area contributed by atoms with Crippen molar-refractivity contribution in [2.75, 3.05) is 0 Å². The van der Waals surface area contributed by atoms with E-state index in [-0.39, 0.29) is 30.2 Å². The third kappa shape index (κ3) is 2.38. The summed E-state index contributed by atoms with van der Waals surface area (Å²) in [6.07, 6.45) is 9.59. The van der Waals surface area contributed by atoms with Crippen molar-refractivity contribution in [3.8, 4) is 0 Å². The van der Waals surface area contributed by atoms with Crippen molar-refractivity contribution in [1.82, 2.24) is 0 Å². The van der Waals surface area contributed by atoms with E-state index in [4.69, 9.17) is 0 Å². The first-order valence-corrected chi connectivity index (χ1v) is 4.87. The van der Waals surface area contributed by atoms with E-state index in [9.17, 15) is 4.79 Å². The summed E-state index contributed by atoms with van der Waals surface area (Å²) < 4.78 is 0. The quantitative estimate of drug-likeness (QED) is 0.616. The minimum absolute atomic E-state index is 0. The largest absolute Gasteiger partial charge is 0.299 e. The molecule has 0 aromatic heterocycles. The molecule has 2 saturated carbocycles. The van der Waals surface area contributed by atoms with Crippen LogP contribution >= 0.6 is 24.8 Å². The van der Waals surface area contributed by atoms with Crippen LogP contribution in [-0.4, -0.2) is 5.78 Å². The van der Waals surface area contributed by atoms with Crippen molar-refractivity contribution < 1.29 is 4.79 Å². The molecule has 0 radical (unpaired) electrons. The molecule has 2 rings (SSSR count). The Morgan fingerprint density at radius 2 is 1.38 bits per heavy atom. The van der Waals surface area contributed by atoms with Gasteiger partial charge in [-0.15, -0.1) is 24.8 Å². The maximum absolute atomic E-state index is 11.6. The molecule has 0 unspecified atom stereocenters. The second-order valence-electron chi connectivity index (χ2n) is 4.12. The third-order valence-corrected chi connectivity index (χ3v) is 3.46. The van der Waals surface area contributed by atoms with Crippen LogP contribution in [0.2, 0.25) is 0 Å². The topological polar surface area (TPSA) is 17.1 Å². The average Bonchev–Trinajstić information content (AvgIpc) is 2.36. The van der Waals surface area contributed by atoms with Crippen LogP contribution in [0.15, 0.2) is 0 Å². The fourth-order valence-electron chi connectivity index (χ4n) is 2.75. The second-order valence-corrected chi connectivity index (χ2v) is 4.12. The highest BCUT2D eigenvalue weighted by Crippen LogP contribution is 2.46. The first-order valence-electron chi connectivity index (χ1n) is 4.87. The van der Waals surface area contributed by atoms with Gasteiger partial charge in [-0.2, -0.15) is 0 Å². The van der Waals surface area contributed by atoms with Crippen molar-refractivity contribution in [3.05, 3.63) is 0 Å². The lowest BCUT2D eigenvalue weighted by Gasteiger charge is -2.31. The van der Waals surface area contributed by atoms with Crippen LogP contribution < -0.4 is 0 Å². The predicted molar refractivity (Wildman–Crippen MR) is 58.9 cm³/mol. The van der Waals surface area contributed by atoms with E-state index >= 15 is 0 Å². The van der Waals surface area contributed by atoms with Gasteiger partial charge in [-0.1, -0.05) is 19.3 Å². The number of ketones is 1.